The normalized spacial score (nSPS) is 11.9. The number of likely N-dealkylation sites (N-methyl/N-ethyl adjacent to an activating group) is 1. The lowest BCUT2D eigenvalue weighted by atomic mass is 10.0. The molecule has 0 saturated carbocycles. The molecule has 0 saturated heterocycles. The fourth-order valence-electron chi connectivity index (χ4n) is 2.84. The molecule has 30 heavy (non-hydrogen) atoms. The Bertz CT molecular complexity index is 921. The van der Waals surface area contributed by atoms with Crippen molar-refractivity contribution >= 4 is 50.9 Å². The molecule has 0 heterocycles. The fourth-order valence-corrected chi connectivity index (χ4v) is 3.82. The summed E-state index contributed by atoms with van der Waals surface area (Å²) < 4.78 is 6.51. The Morgan fingerprint density at radius 3 is 2.40 bits per heavy atom. The average Bonchev–Trinajstić information content (AvgIpc) is 2.70. The molecule has 2 aromatic rings. The Labute approximate surface area is 195 Å². The van der Waals surface area contributed by atoms with E-state index in [9.17, 15) is 9.59 Å². The van der Waals surface area contributed by atoms with Crippen molar-refractivity contribution in [3.8, 4) is 5.75 Å². The topological polar surface area (TPSA) is 58.6 Å². The number of carbonyl (C=O) groups is 2. The monoisotopic (exact) mass is 514 g/mol. The van der Waals surface area contributed by atoms with Gasteiger partial charge < -0.3 is 15.0 Å². The molecule has 2 aromatic carbocycles. The standard InChI is InChI=1S/C22H25BrCl2N2O3/c1-13(2)15-6-8-20(18(23)9-15)30-12-21(28)27(14(3)22(29)26-4)11-16-5-7-17(24)10-19(16)25/h5-10,13-14H,11-12H2,1-4H3,(H,26,29). The number of ether oxygens (including phenoxy) is 1. The summed E-state index contributed by atoms with van der Waals surface area (Å²) in [6, 6.07) is 10.1. The quantitative estimate of drug-likeness (QED) is 0.510. The number of hydrogen-bond acceptors (Lipinski definition) is 3. The molecule has 2 rings (SSSR count). The number of nitrogens with zero attached hydrogens (tertiary/aromatic N) is 1. The van der Waals surface area contributed by atoms with Gasteiger partial charge in [-0.1, -0.05) is 49.2 Å². The summed E-state index contributed by atoms with van der Waals surface area (Å²) in [5, 5.41) is 3.50. The molecule has 0 spiro atoms. The number of rotatable bonds is 8. The Morgan fingerprint density at radius 2 is 1.83 bits per heavy atom. The van der Waals surface area contributed by atoms with Crippen LogP contribution in [-0.2, 0) is 16.1 Å². The number of carbonyl (C=O) groups excluding carboxylic acids is 2. The lowest BCUT2D eigenvalue weighted by Gasteiger charge is -2.28. The molecule has 0 aliphatic heterocycles. The second-order valence-corrected chi connectivity index (χ2v) is 8.88. The molecule has 1 atom stereocenters. The van der Waals surface area contributed by atoms with Crippen LogP contribution in [0.5, 0.6) is 5.75 Å². The first-order chi connectivity index (χ1) is 14.1. The maximum atomic E-state index is 13.0. The predicted octanol–water partition coefficient (Wildman–Crippen LogP) is 5.42. The highest BCUT2D eigenvalue weighted by molar-refractivity contribution is 9.10. The number of benzene rings is 2. The van der Waals surface area contributed by atoms with Crippen molar-refractivity contribution in [1.29, 1.82) is 0 Å². The largest absolute Gasteiger partial charge is 0.483 e. The van der Waals surface area contributed by atoms with E-state index in [1.807, 2.05) is 18.2 Å². The number of hydrogen-bond donors (Lipinski definition) is 1. The summed E-state index contributed by atoms with van der Waals surface area (Å²) in [7, 11) is 1.53. The van der Waals surface area contributed by atoms with Crippen LogP contribution in [0.4, 0.5) is 0 Å². The van der Waals surface area contributed by atoms with Crippen LogP contribution in [0.2, 0.25) is 10.0 Å². The molecule has 162 valence electrons. The first kappa shape index (κ1) is 24.5. The molecule has 5 nitrogen and oxygen atoms in total. The Morgan fingerprint density at radius 1 is 1.13 bits per heavy atom. The summed E-state index contributed by atoms with van der Waals surface area (Å²) in [5.41, 5.74) is 1.85. The van der Waals surface area contributed by atoms with Crippen LogP contribution in [0.3, 0.4) is 0 Å². The van der Waals surface area contributed by atoms with Gasteiger partial charge >= 0.3 is 0 Å². The van der Waals surface area contributed by atoms with E-state index in [1.165, 1.54) is 11.9 Å². The SMILES string of the molecule is CNC(=O)C(C)N(Cc1ccc(Cl)cc1Cl)C(=O)COc1ccc(C(C)C)cc1Br. The summed E-state index contributed by atoms with van der Waals surface area (Å²) in [5.74, 6) is 0.322. The zero-order chi connectivity index (χ0) is 22.4. The molecule has 0 aliphatic rings. The van der Waals surface area contributed by atoms with Gasteiger partial charge in [-0.2, -0.15) is 0 Å². The third-order valence-electron chi connectivity index (χ3n) is 4.74. The smallest absolute Gasteiger partial charge is 0.261 e. The zero-order valence-electron chi connectivity index (χ0n) is 17.3. The molecule has 1 N–H and O–H groups in total. The van der Waals surface area contributed by atoms with Gasteiger partial charge in [-0.05, 0) is 64.2 Å². The van der Waals surface area contributed by atoms with E-state index < -0.39 is 6.04 Å². The molecule has 2 amide bonds. The average molecular weight is 516 g/mol. The highest BCUT2D eigenvalue weighted by Gasteiger charge is 2.26. The van der Waals surface area contributed by atoms with Gasteiger partial charge in [-0.15, -0.1) is 0 Å². The van der Waals surface area contributed by atoms with Gasteiger partial charge in [0.1, 0.15) is 11.8 Å². The van der Waals surface area contributed by atoms with Gasteiger partial charge in [0.15, 0.2) is 6.61 Å². The van der Waals surface area contributed by atoms with Crippen molar-refractivity contribution in [2.24, 2.45) is 0 Å². The molecule has 0 aliphatic carbocycles. The van der Waals surface area contributed by atoms with Crippen LogP contribution in [0.25, 0.3) is 0 Å². The van der Waals surface area contributed by atoms with Crippen LogP contribution < -0.4 is 10.1 Å². The minimum absolute atomic E-state index is 0.153. The first-order valence-electron chi connectivity index (χ1n) is 9.51. The number of amides is 2. The van der Waals surface area contributed by atoms with Crippen molar-refractivity contribution in [2.75, 3.05) is 13.7 Å². The molecule has 0 fully saturated rings. The van der Waals surface area contributed by atoms with Gasteiger partial charge in [-0.3, -0.25) is 9.59 Å². The van der Waals surface area contributed by atoms with Gasteiger partial charge in [0.2, 0.25) is 5.91 Å². The molecular weight excluding hydrogens is 491 g/mol. The number of nitrogens with one attached hydrogen (secondary N) is 1. The van der Waals surface area contributed by atoms with E-state index in [2.05, 4.69) is 35.1 Å². The van der Waals surface area contributed by atoms with Crippen molar-refractivity contribution in [3.05, 3.63) is 62.0 Å². The van der Waals surface area contributed by atoms with E-state index in [1.54, 1.807) is 25.1 Å². The van der Waals surface area contributed by atoms with Crippen molar-refractivity contribution < 1.29 is 14.3 Å². The molecule has 8 heteroatoms. The van der Waals surface area contributed by atoms with Crippen LogP contribution in [0.1, 0.15) is 37.8 Å². The highest BCUT2D eigenvalue weighted by atomic mass is 79.9. The second kappa shape index (κ2) is 11.0. The van der Waals surface area contributed by atoms with E-state index >= 15 is 0 Å². The van der Waals surface area contributed by atoms with Gasteiger partial charge in [0.25, 0.3) is 5.91 Å². The molecule has 0 bridgehead atoms. The molecular formula is C22H25BrCl2N2O3. The Hall–Kier alpha value is -1.76. The highest BCUT2D eigenvalue weighted by Crippen LogP contribution is 2.29. The predicted molar refractivity (Wildman–Crippen MR) is 124 cm³/mol. The molecule has 0 aromatic heterocycles. The van der Waals surface area contributed by atoms with E-state index in [4.69, 9.17) is 27.9 Å². The van der Waals surface area contributed by atoms with Crippen LogP contribution >= 0.6 is 39.1 Å². The van der Waals surface area contributed by atoms with Gasteiger partial charge in [0.05, 0.1) is 4.47 Å². The Balaban J connectivity index is 2.19. The van der Waals surface area contributed by atoms with Crippen LogP contribution in [0.15, 0.2) is 40.9 Å². The third kappa shape index (κ3) is 6.37. The second-order valence-electron chi connectivity index (χ2n) is 7.18. The van der Waals surface area contributed by atoms with Crippen LogP contribution in [0, 0.1) is 0 Å². The number of halogens is 3. The third-order valence-corrected chi connectivity index (χ3v) is 5.95. The zero-order valence-corrected chi connectivity index (χ0v) is 20.4. The summed E-state index contributed by atoms with van der Waals surface area (Å²) in [6.45, 7) is 5.80. The van der Waals surface area contributed by atoms with Gasteiger partial charge in [0, 0.05) is 23.6 Å². The van der Waals surface area contributed by atoms with Crippen LogP contribution in [-0.4, -0.2) is 36.4 Å². The maximum Gasteiger partial charge on any atom is 0.261 e. The van der Waals surface area contributed by atoms with E-state index in [-0.39, 0.29) is 25.0 Å². The molecule has 0 radical (unpaired) electrons. The van der Waals surface area contributed by atoms with E-state index in [0.717, 1.165) is 10.0 Å². The lowest BCUT2D eigenvalue weighted by molar-refractivity contribution is -0.142. The van der Waals surface area contributed by atoms with Crippen molar-refractivity contribution in [3.63, 3.8) is 0 Å². The summed E-state index contributed by atoms with van der Waals surface area (Å²) in [6.07, 6.45) is 0. The fraction of sp³-hybridized carbons (Fsp3) is 0.364. The van der Waals surface area contributed by atoms with Gasteiger partial charge in [-0.25, -0.2) is 0 Å². The minimum Gasteiger partial charge on any atom is -0.483 e. The summed E-state index contributed by atoms with van der Waals surface area (Å²) >= 11 is 15.7. The Kier molecular flexibility index (Phi) is 9.01. The summed E-state index contributed by atoms with van der Waals surface area (Å²) in [4.78, 5) is 26.6. The maximum absolute atomic E-state index is 13.0. The van der Waals surface area contributed by atoms with E-state index in [0.29, 0.717) is 27.3 Å². The minimum atomic E-state index is -0.704. The lowest BCUT2D eigenvalue weighted by Crippen LogP contribution is -2.48. The van der Waals surface area contributed by atoms with Crippen molar-refractivity contribution in [2.45, 2.75) is 39.3 Å². The van der Waals surface area contributed by atoms with Crippen molar-refractivity contribution in [1.82, 2.24) is 10.2 Å². The molecule has 1 unspecified atom stereocenters. The first-order valence-corrected chi connectivity index (χ1v) is 11.1.